The molecule has 1 aliphatic heterocycles. The summed E-state index contributed by atoms with van der Waals surface area (Å²) in [5.41, 5.74) is 0.471. The number of nitrogens with zero attached hydrogens (tertiary/aromatic N) is 1. The van der Waals surface area contributed by atoms with Gasteiger partial charge in [0.1, 0.15) is 0 Å². The van der Waals surface area contributed by atoms with Crippen LogP contribution >= 0.6 is 0 Å². The fraction of sp³-hybridized carbons (Fsp3) is 1.00. The lowest BCUT2D eigenvalue weighted by molar-refractivity contribution is 0.100. The Morgan fingerprint density at radius 2 is 2.12 bits per heavy atom. The number of methoxy groups -OCH3 is 1. The molecule has 92 valence electrons. The fourth-order valence-corrected chi connectivity index (χ4v) is 3.76. The number of likely N-dealkylation sites (tertiary alicyclic amines) is 1. The van der Waals surface area contributed by atoms with Gasteiger partial charge in [-0.3, -0.25) is 0 Å². The van der Waals surface area contributed by atoms with E-state index in [4.69, 9.17) is 4.74 Å². The number of hydrogen-bond acceptors (Lipinski definition) is 3. The SMILES string of the molecule is COCC1(CN2CC3CCC(O)C3C2)CC1. The van der Waals surface area contributed by atoms with Gasteiger partial charge in [0.05, 0.1) is 12.7 Å². The van der Waals surface area contributed by atoms with Gasteiger partial charge in [0.15, 0.2) is 0 Å². The molecule has 0 bridgehead atoms. The van der Waals surface area contributed by atoms with E-state index in [9.17, 15) is 5.11 Å². The molecule has 1 saturated heterocycles. The van der Waals surface area contributed by atoms with Crippen LogP contribution in [0.1, 0.15) is 25.7 Å². The van der Waals surface area contributed by atoms with Crippen LogP contribution in [0.4, 0.5) is 0 Å². The maximum atomic E-state index is 9.88. The number of aliphatic hydroxyl groups excluding tert-OH is 1. The number of rotatable bonds is 4. The van der Waals surface area contributed by atoms with Gasteiger partial charge in [-0.05, 0) is 31.6 Å². The van der Waals surface area contributed by atoms with Crippen molar-refractivity contribution in [2.45, 2.75) is 31.8 Å². The monoisotopic (exact) mass is 225 g/mol. The summed E-state index contributed by atoms with van der Waals surface area (Å²) in [6.45, 7) is 4.45. The highest BCUT2D eigenvalue weighted by molar-refractivity contribution is 5.00. The molecule has 3 rings (SSSR count). The first-order valence-corrected chi connectivity index (χ1v) is 6.62. The molecular formula is C13H23NO2. The van der Waals surface area contributed by atoms with Gasteiger partial charge in [-0.25, -0.2) is 0 Å². The predicted octanol–water partition coefficient (Wildman–Crippen LogP) is 1.12. The molecule has 1 N–H and O–H groups in total. The van der Waals surface area contributed by atoms with Crippen molar-refractivity contribution in [3.63, 3.8) is 0 Å². The van der Waals surface area contributed by atoms with Crippen molar-refractivity contribution in [2.75, 3.05) is 33.4 Å². The van der Waals surface area contributed by atoms with Crippen LogP contribution in [0.25, 0.3) is 0 Å². The van der Waals surface area contributed by atoms with Crippen LogP contribution in [-0.4, -0.2) is 49.5 Å². The molecule has 3 atom stereocenters. The third kappa shape index (κ3) is 1.89. The maximum Gasteiger partial charge on any atom is 0.0583 e. The smallest absolute Gasteiger partial charge is 0.0583 e. The molecule has 3 unspecified atom stereocenters. The Kier molecular flexibility index (Phi) is 2.73. The van der Waals surface area contributed by atoms with E-state index in [-0.39, 0.29) is 6.10 Å². The molecule has 2 saturated carbocycles. The Morgan fingerprint density at radius 1 is 1.31 bits per heavy atom. The van der Waals surface area contributed by atoms with Crippen molar-refractivity contribution in [3.8, 4) is 0 Å². The third-order valence-corrected chi connectivity index (χ3v) is 4.86. The first kappa shape index (κ1) is 11.0. The maximum absolute atomic E-state index is 9.88. The Bertz CT molecular complexity index is 265. The van der Waals surface area contributed by atoms with Crippen molar-refractivity contribution in [3.05, 3.63) is 0 Å². The average Bonchev–Trinajstić information content (AvgIpc) is 2.74. The molecule has 0 amide bonds. The molecule has 0 radical (unpaired) electrons. The quantitative estimate of drug-likeness (QED) is 0.778. The van der Waals surface area contributed by atoms with E-state index >= 15 is 0 Å². The van der Waals surface area contributed by atoms with Crippen LogP contribution in [0.2, 0.25) is 0 Å². The standard InChI is InChI=1S/C13H23NO2/c1-16-9-13(4-5-13)8-14-6-10-2-3-12(15)11(10)7-14/h10-12,15H,2-9H2,1H3. The molecule has 3 heteroatoms. The van der Waals surface area contributed by atoms with E-state index in [2.05, 4.69) is 4.90 Å². The molecule has 2 aliphatic carbocycles. The minimum Gasteiger partial charge on any atom is -0.393 e. The number of ether oxygens (including phenoxy) is 1. The highest BCUT2D eigenvalue weighted by Gasteiger charge is 2.48. The van der Waals surface area contributed by atoms with Gasteiger partial charge in [0.25, 0.3) is 0 Å². The van der Waals surface area contributed by atoms with E-state index in [1.807, 2.05) is 7.11 Å². The fourth-order valence-electron chi connectivity index (χ4n) is 3.76. The number of aliphatic hydroxyl groups is 1. The molecule has 0 aromatic heterocycles. The van der Waals surface area contributed by atoms with Gasteiger partial charge in [-0.1, -0.05) is 0 Å². The highest BCUT2D eigenvalue weighted by atomic mass is 16.5. The molecule has 3 fully saturated rings. The molecule has 0 spiro atoms. The minimum absolute atomic E-state index is 0.0208. The minimum atomic E-state index is -0.0208. The third-order valence-electron chi connectivity index (χ3n) is 4.86. The summed E-state index contributed by atoms with van der Waals surface area (Å²) in [6, 6.07) is 0. The van der Waals surface area contributed by atoms with Crippen LogP contribution in [0.5, 0.6) is 0 Å². The van der Waals surface area contributed by atoms with Gasteiger partial charge in [0.2, 0.25) is 0 Å². The number of hydrogen-bond donors (Lipinski definition) is 1. The second kappa shape index (κ2) is 3.97. The largest absolute Gasteiger partial charge is 0.393 e. The highest BCUT2D eigenvalue weighted by Crippen LogP contribution is 2.48. The van der Waals surface area contributed by atoms with Gasteiger partial charge >= 0.3 is 0 Å². The first-order valence-electron chi connectivity index (χ1n) is 6.62. The molecule has 3 aliphatic rings. The molecule has 16 heavy (non-hydrogen) atoms. The van der Waals surface area contributed by atoms with Crippen LogP contribution in [0.15, 0.2) is 0 Å². The average molecular weight is 225 g/mol. The van der Waals surface area contributed by atoms with E-state index in [1.165, 1.54) is 32.4 Å². The molecule has 0 aromatic rings. The van der Waals surface area contributed by atoms with Crippen molar-refractivity contribution < 1.29 is 9.84 Å². The summed E-state index contributed by atoms with van der Waals surface area (Å²) in [6.07, 6.45) is 4.91. The van der Waals surface area contributed by atoms with Crippen molar-refractivity contribution >= 4 is 0 Å². The first-order chi connectivity index (χ1) is 7.72. The Morgan fingerprint density at radius 3 is 2.75 bits per heavy atom. The second-order valence-corrected chi connectivity index (χ2v) is 6.20. The van der Waals surface area contributed by atoms with E-state index in [1.54, 1.807) is 0 Å². The van der Waals surface area contributed by atoms with Gasteiger partial charge in [-0.2, -0.15) is 0 Å². The van der Waals surface area contributed by atoms with Crippen molar-refractivity contribution in [1.82, 2.24) is 4.90 Å². The van der Waals surface area contributed by atoms with Crippen LogP contribution in [0, 0.1) is 17.3 Å². The predicted molar refractivity (Wildman–Crippen MR) is 62.2 cm³/mol. The van der Waals surface area contributed by atoms with E-state index in [0.29, 0.717) is 11.3 Å². The summed E-state index contributed by atoms with van der Waals surface area (Å²) in [5.74, 6) is 1.34. The number of fused-ring (bicyclic) bond motifs is 1. The summed E-state index contributed by atoms with van der Waals surface area (Å²) < 4.78 is 5.32. The zero-order chi connectivity index (χ0) is 11.2. The lowest BCUT2D eigenvalue weighted by atomic mass is 10.00. The van der Waals surface area contributed by atoms with Crippen LogP contribution in [-0.2, 0) is 4.74 Å². The summed E-state index contributed by atoms with van der Waals surface area (Å²) in [7, 11) is 1.81. The van der Waals surface area contributed by atoms with Crippen LogP contribution in [0.3, 0.4) is 0 Å². The van der Waals surface area contributed by atoms with Gasteiger partial charge in [0, 0.05) is 38.1 Å². The lowest BCUT2D eigenvalue weighted by Gasteiger charge is -2.23. The van der Waals surface area contributed by atoms with Crippen molar-refractivity contribution in [1.29, 1.82) is 0 Å². The summed E-state index contributed by atoms with van der Waals surface area (Å²) >= 11 is 0. The molecular weight excluding hydrogens is 202 g/mol. The normalized spacial score (nSPS) is 41.2. The van der Waals surface area contributed by atoms with E-state index in [0.717, 1.165) is 25.5 Å². The zero-order valence-corrected chi connectivity index (χ0v) is 10.2. The topological polar surface area (TPSA) is 32.7 Å². The van der Waals surface area contributed by atoms with E-state index < -0.39 is 0 Å². The molecule has 3 nitrogen and oxygen atoms in total. The zero-order valence-electron chi connectivity index (χ0n) is 10.2. The Balaban J connectivity index is 1.55. The summed E-state index contributed by atoms with van der Waals surface area (Å²) in [4.78, 5) is 2.57. The van der Waals surface area contributed by atoms with Crippen molar-refractivity contribution in [2.24, 2.45) is 17.3 Å². The summed E-state index contributed by atoms with van der Waals surface area (Å²) in [5, 5.41) is 9.88. The van der Waals surface area contributed by atoms with Crippen LogP contribution < -0.4 is 0 Å². The molecule has 1 heterocycles. The lowest BCUT2D eigenvalue weighted by Crippen LogP contribution is -2.32. The Labute approximate surface area is 97.8 Å². The second-order valence-electron chi connectivity index (χ2n) is 6.20. The Hall–Kier alpha value is -0.120. The molecule has 0 aromatic carbocycles. The van der Waals surface area contributed by atoms with Gasteiger partial charge < -0.3 is 14.7 Å². The van der Waals surface area contributed by atoms with Gasteiger partial charge in [-0.15, -0.1) is 0 Å².